The monoisotopic (exact) mass is 477 g/mol. The van der Waals surface area contributed by atoms with Gasteiger partial charge in [-0.1, -0.05) is 30.7 Å². The second-order valence-corrected chi connectivity index (χ2v) is 10.7. The van der Waals surface area contributed by atoms with Crippen molar-refractivity contribution in [1.82, 2.24) is 9.62 Å². The Morgan fingerprint density at radius 1 is 1.12 bits per heavy atom. The van der Waals surface area contributed by atoms with Gasteiger partial charge < -0.3 is 10.6 Å². The van der Waals surface area contributed by atoms with Crippen LogP contribution >= 0.6 is 11.6 Å². The van der Waals surface area contributed by atoms with Gasteiger partial charge in [0.15, 0.2) is 0 Å². The smallest absolute Gasteiger partial charge is 0.255 e. The number of nitrogens with one attached hydrogen (secondary N) is 2. The molecule has 0 bridgehead atoms. The van der Waals surface area contributed by atoms with Crippen LogP contribution in [-0.4, -0.2) is 43.7 Å². The van der Waals surface area contributed by atoms with E-state index in [1.807, 2.05) is 20.8 Å². The molecule has 9 heteroatoms. The number of sulfonamides is 1. The van der Waals surface area contributed by atoms with E-state index in [4.69, 9.17) is 11.6 Å². The van der Waals surface area contributed by atoms with Crippen LogP contribution in [0, 0.1) is 5.92 Å². The number of benzene rings is 2. The Hall–Kier alpha value is -2.42. The maximum absolute atomic E-state index is 13.2. The van der Waals surface area contributed by atoms with Crippen molar-refractivity contribution in [3.63, 3.8) is 0 Å². The SMILES string of the molecule is CC1CCCN(S(=O)(=O)c2cc(C(=O)Nc3ccccc3C(=O)NC(C)C)ccc2Cl)C1. The van der Waals surface area contributed by atoms with E-state index in [1.54, 1.807) is 24.3 Å². The van der Waals surface area contributed by atoms with Gasteiger partial charge in [0.2, 0.25) is 10.0 Å². The van der Waals surface area contributed by atoms with Gasteiger partial charge in [0.25, 0.3) is 11.8 Å². The normalized spacial score (nSPS) is 17.2. The fourth-order valence-electron chi connectivity index (χ4n) is 3.67. The summed E-state index contributed by atoms with van der Waals surface area (Å²) in [4.78, 5) is 25.3. The summed E-state index contributed by atoms with van der Waals surface area (Å²) in [5.74, 6) is -0.582. The lowest BCUT2D eigenvalue weighted by Crippen LogP contribution is -2.39. The Morgan fingerprint density at radius 2 is 1.84 bits per heavy atom. The summed E-state index contributed by atoms with van der Waals surface area (Å²) >= 11 is 6.23. The van der Waals surface area contributed by atoms with Crippen LogP contribution in [0.1, 0.15) is 54.3 Å². The zero-order chi connectivity index (χ0) is 23.5. The predicted octanol–water partition coefficient (Wildman–Crippen LogP) is 4.15. The van der Waals surface area contributed by atoms with E-state index in [2.05, 4.69) is 10.6 Å². The molecular formula is C23H28ClN3O4S. The zero-order valence-electron chi connectivity index (χ0n) is 18.4. The molecule has 2 amide bonds. The molecule has 0 radical (unpaired) electrons. The van der Waals surface area contributed by atoms with E-state index in [1.165, 1.54) is 22.5 Å². The highest BCUT2D eigenvalue weighted by atomic mass is 35.5. The van der Waals surface area contributed by atoms with E-state index in [-0.39, 0.29) is 33.3 Å². The maximum atomic E-state index is 13.2. The van der Waals surface area contributed by atoms with Gasteiger partial charge in [-0.2, -0.15) is 4.31 Å². The minimum atomic E-state index is -3.83. The average molecular weight is 478 g/mol. The molecule has 0 spiro atoms. The van der Waals surface area contributed by atoms with Crippen molar-refractivity contribution in [3.8, 4) is 0 Å². The molecule has 172 valence electrons. The summed E-state index contributed by atoms with van der Waals surface area (Å²) in [6, 6.07) is 10.8. The first-order valence-corrected chi connectivity index (χ1v) is 12.4. The molecule has 7 nitrogen and oxygen atoms in total. The van der Waals surface area contributed by atoms with E-state index < -0.39 is 15.9 Å². The van der Waals surface area contributed by atoms with Gasteiger partial charge >= 0.3 is 0 Å². The summed E-state index contributed by atoms with van der Waals surface area (Å²) < 4.78 is 27.8. The Bertz CT molecular complexity index is 1120. The van der Waals surface area contributed by atoms with Crippen LogP contribution in [0.5, 0.6) is 0 Å². The Balaban J connectivity index is 1.88. The summed E-state index contributed by atoms with van der Waals surface area (Å²) in [6.07, 6.45) is 1.76. The minimum Gasteiger partial charge on any atom is -0.350 e. The number of carbonyl (C=O) groups excluding carboxylic acids is 2. The van der Waals surface area contributed by atoms with Crippen molar-refractivity contribution in [2.24, 2.45) is 5.92 Å². The average Bonchev–Trinajstić information content (AvgIpc) is 2.73. The van der Waals surface area contributed by atoms with Crippen molar-refractivity contribution in [2.75, 3.05) is 18.4 Å². The van der Waals surface area contributed by atoms with Crippen molar-refractivity contribution >= 4 is 39.1 Å². The van der Waals surface area contributed by atoms with Crippen molar-refractivity contribution in [3.05, 3.63) is 58.6 Å². The Morgan fingerprint density at radius 3 is 2.53 bits per heavy atom. The van der Waals surface area contributed by atoms with Crippen LogP contribution in [0.15, 0.2) is 47.4 Å². The van der Waals surface area contributed by atoms with Gasteiger partial charge in [0, 0.05) is 24.7 Å². The molecule has 2 aromatic rings. The van der Waals surface area contributed by atoms with E-state index in [9.17, 15) is 18.0 Å². The second-order valence-electron chi connectivity index (χ2n) is 8.38. The van der Waals surface area contributed by atoms with Gasteiger partial charge in [0.05, 0.1) is 16.3 Å². The molecule has 1 saturated heterocycles. The van der Waals surface area contributed by atoms with Crippen LogP contribution in [0.3, 0.4) is 0 Å². The standard InChI is InChI=1S/C23H28ClN3O4S/c1-15(2)25-23(29)18-8-4-5-9-20(18)26-22(28)17-10-11-19(24)21(13-17)32(30,31)27-12-6-7-16(3)14-27/h4-5,8-11,13,15-16H,6-7,12,14H2,1-3H3,(H,25,29)(H,26,28). The highest BCUT2D eigenvalue weighted by Gasteiger charge is 2.31. The number of piperidine rings is 1. The molecular weight excluding hydrogens is 450 g/mol. The third-order valence-electron chi connectivity index (χ3n) is 5.27. The quantitative estimate of drug-likeness (QED) is 0.653. The molecule has 1 unspecified atom stereocenters. The topological polar surface area (TPSA) is 95.6 Å². The number of carbonyl (C=O) groups is 2. The summed E-state index contributed by atoms with van der Waals surface area (Å²) in [5.41, 5.74) is 0.788. The van der Waals surface area contributed by atoms with Crippen LogP contribution in [-0.2, 0) is 10.0 Å². The minimum absolute atomic E-state index is 0.0622. The lowest BCUT2D eigenvalue weighted by molar-refractivity contribution is 0.0944. The molecule has 2 N–H and O–H groups in total. The molecule has 0 aromatic heterocycles. The third kappa shape index (κ3) is 5.49. The summed E-state index contributed by atoms with van der Waals surface area (Å²) in [6.45, 7) is 6.56. The van der Waals surface area contributed by atoms with Crippen molar-refractivity contribution in [1.29, 1.82) is 0 Å². The highest BCUT2D eigenvalue weighted by Crippen LogP contribution is 2.29. The molecule has 0 saturated carbocycles. The Kier molecular flexibility index (Phi) is 7.59. The number of rotatable bonds is 6. The van der Waals surface area contributed by atoms with Crippen LogP contribution in [0.25, 0.3) is 0 Å². The van der Waals surface area contributed by atoms with Gasteiger partial charge in [-0.25, -0.2) is 8.42 Å². The molecule has 3 rings (SSSR count). The molecule has 1 aliphatic rings. The second kappa shape index (κ2) is 10.0. The van der Waals surface area contributed by atoms with Gasteiger partial charge in [-0.05, 0) is 62.9 Å². The molecule has 1 fully saturated rings. The van der Waals surface area contributed by atoms with Gasteiger partial charge in [0.1, 0.15) is 4.90 Å². The van der Waals surface area contributed by atoms with E-state index in [0.29, 0.717) is 24.3 Å². The number of anilines is 1. The largest absolute Gasteiger partial charge is 0.350 e. The highest BCUT2D eigenvalue weighted by molar-refractivity contribution is 7.89. The summed E-state index contributed by atoms with van der Waals surface area (Å²) in [5, 5.41) is 5.58. The number of nitrogens with zero attached hydrogens (tertiary/aromatic N) is 1. The van der Waals surface area contributed by atoms with E-state index in [0.717, 1.165) is 12.8 Å². The number of hydrogen-bond donors (Lipinski definition) is 2. The number of para-hydroxylation sites is 1. The van der Waals surface area contributed by atoms with Gasteiger partial charge in [-0.3, -0.25) is 9.59 Å². The van der Waals surface area contributed by atoms with E-state index >= 15 is 0 Å². The van der Waals surface area contributed by atoms with Crippen LogP contribution in [0.4, 0.5) is 5.69 Å². The number of hydrogen-bond acceptors (Lipinski definition) is 4. The molecule has 1 heterocycles. The van der Waals surface area contributed by atoms with Crippen molar-refractivity contribution < 1.29 is 18.0 Å². The zero-order valence-corrected chi connectivity index (χ0v) is 20.0. The van der Waals surface area contributed by atoms with Crippen LogP contribution in [0.2, 0.25) is 5.02 Å². The number of amides is 2. The van der Waals surface area contributed by atoms with Gasteiger partial charge in [-0.15, -0.1) is 0 Å². The Labute approximate surface area is 194 Å². The lowest BCUT2D eigenvalue weighted by Gasteiger charge is -2.30. The van der Waals surface area contributed by atoms with Crippen LogP contribution < -0.4 is 10.6 Å². The first-order valence-electron chi connectivity index (χ1n) is 10.6. The van der Waals surface area contributed by atoms with Crippen molar-refractivity contribution in [2.45, 2.75) is 44.6 Å². The summed E-state index contributed by atoms with van der Waals surface area (Å²) in [7, 11) is -3.83. The fraction of sp³-hybridized carbons (Fsp3) is 0.391. The molecule has 32 heavy (non-hydrogen) atoms. The molecule has 1 aliphatic heterocycles. The fourth-order valence-corrected chi connectivity index (χ4v) is 5.77. The first-order chi connectivity index (χ1) is 15.1. The first kappa shape index (κ1) is 24.2. The molecule has 0 aliphatic carbocycles. The predicted molar refractivity (Wildman–Crippen MR) is 126 cm³/mol. The molecule has 1 atom stereocenters. The third-order valence-corrected chi connectivity index (χ3v) is 7.62. The maximum Gasteiger partial charge on any atom is 0.255 e. The lowest BCUT2D eigenvalue weighted by atomic mass is 10.0. The number of halogens is 1. The molecule has 2 aromatic carbocycles.